The summed E-state index contributed by atoms with van der Waals surface area (Å²) in [6, 6.07) is 12.1. The molecule has 3 N–H and O–H groups in total. The molecule has 0 bridgehead atoms. The number of rotatable bonds is 5. The van der Waals surface area contributed by atoms with Gasteiger partial charge in [0, 0.05) is 0 Å². The number of nitrogens with zero attached hydrogens (tertiary/aromatic N) is 1. The average Bonchev–Trinajstić information content (AvgIpc) is 2.91. The van der Waals surface area contributed by atoms with Gasteiger partial charge in [0.15, 0.2) is 0 Å². The number of thiophene rings is 1. The van der Waals surface area contributed by atoms with E-state index in [1.807, 2.05) is 36.7 Å². The van der Waals surface area contributed by atoms with Crippen LogP contribution in [0.3, 0.4) is 0 Å². The van der Waals surface area contributed by atoms with E-state index in [4.69, 9.17) is 5.73 Å². The molecule has 0 unspecified atom stereocenters. The van der Waals surface area contributed by atoms with Gasteiger partial charge in [0.1, 0.15) is 5.84 Å². The largest absolute Gasteiger partial charge is 0.383 e. The quantitative estimate of drug-likeness (QED) is 0.651. The monoisotopic (exact) mass is 331 g/mol. The normalized spacial score (nSPS) is 10.6. The van der Waals surface area contributed by atoms with Crippen LogP contribution in [0.15, 0.2) is 46.8 Å². The zero-order valence-corrected chi connectivity index (χ0v) is 13.7. The molecule has 0 atom stereocenters. The third kappa shape index (κ3) is 5.51. The Labute approximate surface area is 136 Å². The van der Waals surface area contributed by atoms with Gasteiger partial charge >= 0.3 is 0 Å². The number of likely N-dealkylation sites (N-methyl/N-ethyl adjacent to an activating group) is 1. The minimum Gasteiger partial charge on any atom is -0.383 e. The lowest BCUT2D eigenvalue weighted by molar-refractivity contribution is 0.792. The maximum Gasteiger partial charge on any atom is 0.141 e. The third-order valence-corrected chi connectivity index (χ3v) is 3.49. The molecule has 3 nitrogen and oxygen atoms in total. The van der Waals surface area contributed by atoms with Crippen LogP contribution >= 0.6 is 36.2 Å². The molecule has 1 aromatic heterocycles. The molecule has 0 aliphatic rings. The van der Waals surface area contributed by atoms with E-state index in [0.717, 1.165) is 23.5 Å². The molecule has 2 aromatic rings. The van der Waals surface area contributed by atoms with E-state index >= 15 is 0 Å². The van der Waals surface area contributed by atoms with Crippen LogP contribution < -0.4 is 11.1 Å². The standard InChI is InChI=1S/C14H17N3S.2ClH/c1-16-8-7-11-4-2-5-12(10-11)17-14(15)13-6-3-9-18-13;;/h2-6,9-10,16H,7-8H2,1H3,(H2,15,17);2*1H. The van der Waals surface area contributed by atoms with Gasteiger partial charge in [-0.15, -0.1) is 36.2 Å². The number of aliphatic imine (C=N–C) groups is 1. The fourth-order valence-electron chi connectivity index (χ4n) is 1.67. The van der Waals surface area contributed by atoms with Crippen molar-refractivity contribution in [2.75, 3.05) is 13.6 Å². The summed E-state index contributed by atoms with van der Waals surface area (Å²) >= 11 is 1.60. The molecule has 2 rings (SSSR count). The predicted octanol–water partition coefficient (Wildman–Crippen LogP) is 3.39. The Bertz CT molecular complexity index is 527. The lowest BCUT2D eigenvalue weighted by Crippen LogP contribution is -2.11. The summed E-state index contributed by atoms with van der Waals surface area (Å²) in [6.45, 7) is 0.966. The first kappa shape index (κ1) is 18.9. The molecule has 0 spiro atoms. The minimum absolute atomic E-state index is 0. The summed E-state index contributed by atoms with van der Waals surface area (Å²) in [6.07, 6.45) is 0.999. The van der Waals surface area contributed by atoms with Crippen LogP contribution in [0.2, 0.25) is 0 Å². The van der Waals surface area contributed by atoms with Crippen LogP contribution in [0.25, 0.3) is 0 Å². The molecule has 6 heteroatoms. The zero-order chi connectivity index (χ0) is 12.8. The van der Waals surface area contributed by atoms with Crippen molar-refractivity contribution in [1.82, 2.24) is 5.32 Å². The number of hydrogen-bond acceptors (Lipinski definition) is 3. The summed E-state index contributed by atoms with van der Waals surface area (Å²) in [5, 5.41) is 5.14. The second-order valence-electron chi connectivity index (χ2n) is 4.00. The van der Waals surface area contributed by atoms with Crippen molar-refractivity contribution >= 4 is 47.7 Å². The van der Waals surface area contributed by atoms with Crippen molar-refractivity contribution in [2.45, 2.75) is 6.42 Å². The molecule has 20 heavy (non-hydrogen) atoms. The molecule has 110 valence electrons. The van der Waals surface area contributed by atoms with E-state index in [2.05, 4.69) is 22.4 Å². The van der Waals surface area contributed by atoms with Gasteiger partial charge in [-0.05, 0) is 49.2 Å². The molecular formula is C14H19Cl2N3S. The van der Waals surface area contributed by atoms with Gasteiger partial charge in [-0.1, -0.05) is 18.2 Å². The van der Waals surface area contributed by atoms with Crippen molar-refractivity contribution in [1.29, 1.82) is 0 Å². The van der Waals surface area contributed by atoms with Crippen LogP contribution in [-0.4, -0.2) is 19.4 Å². The number of benzene rings is 1. The van der Waals surface area contributed by atoms with Gasteiger partial charge in [0.2, 0.25) is 0 Å². The van der Waals surface area contributed by atoms with E-state index in [0.29, 0.717) is 5.84 Å². The van der Waals surface area contributed by atoms with E-state index < -0.39 is 0 Å². The highest BCUT2D eigenvalue weighted by molar-refractivity contribution is 7.12. The van der Waals surface area contributed by atoms with Crippen molar-refractivity contribution in [2.24, 2.45) is 10.7 Å². The smallest absolute Gasteiger partial charge is 0.141 e. The predicted molar refractivity (Wildman–Crippen MR) is 93.3 cm³/mol. The molecule has 0 fully saturated rings. The van der Waals surface area contributed by atoms with Crippen LogP contribution in [0.4, 0.5) is 5.69 Å². The molecular weight excluding hydrogens is 313 g/mol. The highest BCUT2D eigenvalue weighted by Gasteiger charge is 2.00. The van der Waals surface area contributed by atoms with Crippen LogP contribution in [0.1, 0.15) is 10.4 Å². The number of nitrogens with one attached hydrogen (secondary N) is 1. The fraction of sp³-hybridized carbons (Fsp3) is 0.214. The molecule has 0 amide bonds. The highest BCUT2D eigenvalue weighted by Crippen LogP contribution is 2.17. The second-order valence-corrected chi connectivity index (χ2v) is 4.95. The van der Waals surface area contributed by atoms with E-state index in [1.54, 1.807) is 11.3 Å². The lowest BCUT2D eigenvalue weighted by Gasteiger charge is -2.03. The van der Waals surface area contributed by atoms with Crippen molar-refractivity contribution < 1.29 is 0 Å². The van der Waals surface area contributed by atoms with Gasteiger partial charge in [-0.3, -0.25) is 0 Å². The van der Waals surface area contributed by atoms with Gasteiger partial charge in [0.25, 0.3) is 0 Å². The van der Waals surface area contributed by atoms with Crippen LogP contribution in [0, 0.1) is 0 Å². The average molecular weight is 332 g/mol. The summed E-state index contributed by atoms with van der Waals surface area (Å²) in [4.78, 5) is 5.46. The number of amidine groups is 1. The molecule has 1 heterocycles. The van der Waals surface area contributed by atoms with Gasteiger partial charge < -0.3 is 11.1 Å². The maximum absolute atomic E-state index is 5.97. The minimum atomic E-state index is 0. The number of halogens is 2. The van der Waals surface area contributed by atoms with Crippen LogP contribution in [0.5, 0.6) is 0 Å². The van der Waals surface area contributed by atoms with Crippen molar-refractivity contribution in [3.05, 3.63) is 52.2 Å². The summed E-state index contributed by atoms with van der Waals surface area (Å²) < 4.78 is 0. The van der Waals surface area contributed by atoms with E-state index in [9.17, 15) is 0 Å². The Morgan fingerprint density at radius 1 is 1.25 bits per heavy atom. The van der Waals surface area contributed by atoms with Gasteiger partial charge in [-0.2, -0.15) is 0 Å². The first-order valence-corrected chi connectivity index (χ1v) is 6.79. The highest BCUT2D eigenvalue weighted by atomic mass is 35.5. The van der Waals surface area contributed by atoms with E-state index in [1.165, 1.54) is 5.56 Å². The number of nitrogens with two attached hydrogens (primary N) is 1. The fourth-order valence-corrected chi connectivity index (χ4v) is 2.30. The molecule has 0 radical (unpaired) electrons. The van der Waals surface area contributed by atoms with Crippen LogP contribution in [-0.2, 0) is 6.42 Å². The molecule has 0 aliphatic carbocycles. The Morgan fingerprint density at radius 3 is 2.70 bits per heavy atom. The number of hydrogen-bond donors (Lipinski definition) is 2. The van der Waals surface area contributed by atoms with E-state index in [-0.39, 0.29) is 24.8 Å². The van der Waals surface area contributed by atoms with Crippen molar-refractivity contribution in [3.63, 3.8) is 0 Å². The molecule has 0 saturated heterocycles. The first-order chi connectivity index (χ1) is 8.79. The Morgan fingerprint density at radius 2 is 2.05 bits per heavy atom. The Hall–Kier alpha value is -1.07. The SMILES string of the molecule is CNCCc1cccc(N=C(N)c2cccs2)c1.Cl.Cl. The Balaban J connectivity index is 0.00000180. The summed E-state index contributed by atoms with van der Waals surface area (Å²) in [7, 11) is 1.96. The third-order valence-electron chi connectivity index (χ3n) is 2.60. The zero-order valence-electron chi connectivity index (χ0n) is 11.2. The van der Waals surface area contributed by atoms with Gasteiger partial charge in [-0.25, -0.2) is 4.99 Å². The second kappa shape index (κ2) is 9.77. The van der Waals surface area contributed by atoms with Crippen molar-refractivity contribution in [3.8, 4) is 0 Å². The summed E-state index contributed by atoms with van der Waals surface area (Å²) in [5.74, 6) is 0.579. The van der Waals surface area contributed by atoms with Gasteiger partial charge in [0.05, 0.1) is 10.6 Å². The summed E-state index contributed by atoms with van der Waals surface area (Å²) in [5.41, 5.74) is 8.15. The first-order valence-electron chi connectivity index (χ1n) is 5.91. The maximum atomic E-state index is 5.97. The topological polar surface area (TPSA) is 50.4 Å². The lowest BCUT2D eigenvalue weighted by atomic mass is 10.1. The molecule has 0 aliphatic heterocycles. The molecule has 1 aromatic carbocycles. The Kier molecular flexibility index (Phi) is 9.25. The molecule has 0 saturated carbocycles.